The molecule has 2 fully saturated rings. The van der Waals surface area contributed by atoms with Crippen LogP contribution < -0.4 is 38.5 Å². The van der Waals surface area contributed by atoms with Crippen LogP contribution in [-0.2, 0) is 42.3 Å². The third-order valence-electron chi connectivity index (χ3n) is 19.8. The quantitative estimate of drug-likeness (QED) is 0.0345. The van der Waals surface area contributed by atoms with Crippen molar-refractivity contribution in [2.24, 2.45) is 0 Å². The number of benzene rings is 3. The zero-order valence-electron chi connectivity index (χ0n) is 54.9. The first-order chi connectivity index (χ1) is 43.3. The maximum absolute atomic E-state index is 15.5. The van der Waals surface area contributed by atoms with E-state index < -0.39 is 46.9 Å². The number of piperazine rings is 1. The Labute approximate surface area is 534 Å². The highest BCUT2D eigenvalue weighted by atomic mass is 32.2. The van der Waals surface area contributed by atoms with Crippen LogP contribution in [-0.4, -0.2) is 98.8 Å². The second-order valence-electron chi connectivity index (χ2n) is 26.0. The number of fused-ring (bicyclic) bond motifs is 9. The van der Waals surface area contributed by atoms with Gasteiger partial charge in [0.25, 0.3) is 0 Å². The van der Waals surface area contributed by atoms with Crippen molar-refractivity contribution in [1.29, 1.82) is 5.26 Å². The summed E-state index contributed by atoms with van der Waals surface area (Å²) >= 11 is 1.50. The van der Waals surface area contributed by atoms with Gasteiger partial charge in [-0.05, 0) is 81.0 Å². The molecular formula is C72H102N4O12S. The number of hydrogen-bond acceptors (Lipinski definition) is 17. The number of carbonyl (C=O) groups excluding carboxylic acids is 4. The third kappa shape index (κ3) is 15.4. The summed E-state index contributed by atoms with van der Waals surface area (Å²) in [6.07, 6.45) is 32.8. The number of methoxy groups -OCH3 is 2. The van der Waals surface area contributed by atoms with Crippen LogP contribution in [0.15, 0.2) is 18.2 Å². The molecule has 488 valence electrons. The van der Waals surface area contributed by atoms with Crippen LogP contribution in [0.5, 0.6) is 40.2 Å². The molecule has 0 aliphatic carbocycles. The van der Waals surface area contributed by atoms with Crippen LogP contribution in [0.1, 0.15) is 262 Å². The van der Waals surface area contributed by atoms with Crippen molar-refractivity contribution in [3.8, 4) is 46.3 Å². The second kappa shape index (κ2) is 32.6. The number of nitrogens with one attached hydrogen (secondary N) is 1. The van der Waals surface area contributed by atoms with Crippen molar-refractivity contribution in [3.05, 3.63) is 62.7 Å². The topological polar surface area (TPSA) is 184 Å². The zero-order valence-corrected chi connectivity index (χ0v) is 55.7. The van der Waals surface area contributed by atoms with E-state index in [2.05, 4.69) is 41.1 Å². The van der Waals surface area contributed by atoms with E-state index in [1.807, 2.05) is 33.0 Å². The van der Waals surface area contributed by atoms with Crippen LogP contribution in [0.25, 0.3) is 0 Å². The summed E-state index contributed by atoms with van der Waals surface area (Å²) in [5.74, 6) is 1.05. The average Bonchev–Trinajstić information content (AvgIpc) is 1.71. The van der Waals surface area contributed by atoms with E-state index in [0.29, 0.717) is 88.3 Å². The lowest BCUT2D eigenvalue weighted by Crippen LogP contribution is -2.69. The summed E-state index contributed by atoms with van der Waals surface area (Å²) in [5.41, 5.74) is 4.47. The number of thioether (sulfide) groups is 1. The SMILES string of the molecule is CCCCCCCCCCCCCCCC(=O)Oc1cc2c(cc1OC)[C@@]1(CS[C@@H]3c4c(OC(C)=O)c(C)c5c(c4[C@H](COC1=O)N1C3[C@@H]3c4c(cc(C)c(OC)c4OC(=O)CCCCCCCCCCCCCCC)C[C@H]([C@@H]1C#N)N3C)OCO5)NCC2. The van der Waals surface area contributed by atoms with Crippen LogP contribution in [0.2, 0.25) is 0 Å². The fraction of sp³-hybridized carbons (Fsp3) is 0.681. The molecule has 0 amide bonds. The monoisotopic (exact) mass is 1250 g/mol. The number of likely N-dealkylation sites (N-methyl/N-ethyl adjacent to an activating group) is 1. The molecule has 3 aromatic rings. The van der Waals surface area contributed by atoms with Gasteiger partial charge in [0.2, 0.25) is 6.79 Å². The maximum atomic E-state index is 15.5. The first kappa shape index (κ1) is 67.8. The second-order valence-corrected chi connectivity index (χ2v) is 27.1. The minimum atomic E-state index is -1.45. The molecule has 2 saturated heterocycles. The normalized spacial score (nSPS) is 22.3. The molecule has 89 heavy (non-hydrogen) atoms. The molecule has 4 bridgehead atoms. The summed E-state index contributed by atoms with van der Waals surface area (Å²) in [6.45, 7) is 9.82. The van der Waals surface area contributed by atoms with E-state index >= 15 is 4.79 Å². The van der Waals surface area contributed by atoms with Crippen molar-refractivity contribution in [2.45, 2.75) is 268 Å². The Balaban J connectivity index is 1.00. The molecule has 1 spiro atoms. The number of esters is 4. The van der Waals surface area contributed by atoms with Crippen LogP contribution in [0.3, 0.4) is 0 Å². The van der Waals surface area contributed by atoms with E-state index in [0.717, 1.165) is 60.8 Å². The number of nitriles is 1. The third-order valence-corrected chi connectivity index (χ3v) is 21.3. The van der Waals surface area contributed by atoms with Crippen molar-refractivity contribution in [1.82, 2.24) is 15.1 Å². The number of carbonyl (C=O) groups is 4. The molecule has 16 nitrogen and oxygen atoms in total. The van der Waals surface area contributed by atoms with Gasteiger partial charge >= 0.3 is 23.9 Å². The molecule has 1 N–H and O–H groups in total. The predicted molar refractivity (Wildman–Crippen MR) is 347 cm³/mol. The van der Waals surface area contributed by atoms with Crippen molar-refractivity contribution < 1.29 is 57.1 Å². The number of hydrogen-bond donors (Lipinski definition) is 1. The van der Waals surface area contributed by atoms with Crippen LogP contribution in [0, 0.1) is 25.2 Å². The lowest BCUT2D eigenvalue weighted by molar-refractivity contribution is -0.157. The Kier molecular flexibility index (Phi) is 24.9. The molecule has 7 aliphatic rings. The van der Waals surface area contributed by atoms with Crippen LogP contribution >= 0.6 is 11.8 Å². The summed E-state index contributed by atoms with van der Waals surface area (Å²) in [7, 11) is 5.18. The number of nitrogens with zero attached hydrogens (tertiary/aromatic N) is 3. The van der Waals surface area contributed by atoms with Gasteiger partial charge in [0.1, 0.15) is 18.4 Å². The molecule has 7 aliphatic heterocycles. The fourth-order valence-corrected chi connectivity index (χ4v) is 16.9. The maximum Gasteiger partial charge on any atom is 0.331 e. The Hall–Kier alpha value is -5.54. The average molecular weight is 1250 g/mol. The number of unbranched alkanes of at least 4 members (excludes halogenated alkanes) is 24. The Morgan fingerprint density at radius 3 is 1.81 bits per heavy atom. The van der Waals surface area contributed by atoms with Gasteiger partial charge in [-0.15, -0.1) is 11.8 Å². The summed E-state index contributed by atoms with van der Waals surface area (Å²) < 4.78 is 50.6. The molecule has 3 aromatic carbocycles. The molecule has 1 unspecified atom stereocenters. The predicted octanol–water partition coefficient (Wildman–Crippen LogP) is 15.3. The van der Waals surface area contributed by atoms with Gasteiger partial charge in [0, 0.05) is 66.4 Å². The molecule has 7 atom stereocenters. The van der Waals surface area contributed by atoms with Gasteiger partial charge in [-0.2, -0.15) is 5.26 Å². The van der Waals surface area contributed by atoms with E-state index in [9.17, 15) is 19.6 Å². The highest BCUT2D eigenvalue weighted by Gasteiger charge is 2.62. The van der Waals surface area contributed by atoms with E-state index in [-0.39, 0.29) is 50.0 Å². The zero-order chi connectivity index (χ0) is 63.0. The van der Waals surface area contributed by atoms with E-state index in [1.54, 1.807) is 7.11 Å². The van der Waals surface area contributed by atoms with E-state index in [4.69, 9.17) is 37.9 Å². The lowest BCUT2D eigenvalue weighted by atomic mass is 9.71. The molecule has 0 saturated carbocycles. The number of rotatable bonds is 33. The smallest absolute Gasteiger partial charge is 0.331 e. The van der Waals surface area contributed by atoms with Gasteiger partial charge in [0.05, 0.1) is 37.6 Å². The lowest BCUT2D eigenvalue weighted by Gasteiger charge is -2.62. The molecular weight excluding hydrogens is 1140 g/mol. The summed E-state index contributed by atoms with van der Waals surface area (Å²) in [5, 5.41) is 14.6. The molecule has 10 rings (SSSR count). The number of ether oxygens (including phenoxy) is 8. The summed E-state index contributed by atoms with van der Waals surface area (Å²) in [6, 6.07) is 5.44. The van der Waals surface area contributed by atoms with Gasteiger partial charge in [-0.3, -0.25) is 29.5 Å². The Morgan fingerprint density at radius 2 is 1.25 bits per heavy atom. The molecule has 0 radical (unpaired) electrons. The standard InChI is InChI=1S/C72H102N4O12S/c1-9-11-13-15-17-19-21-23-25-27-29-31-33-35-58(78)87-57-41-50-37-38-74-72(52(50)42-56(57)81-7)45-89-70-62-61(68-67(84-46-85-68)48(4)66(62)86-49(5)77)55(44-83-71(72)80)76-54(43-73)53-40-51-39-47(3)65(82-8)69(60(51)63(64(70)76)75(53)6)88-59(79)36-34-32-30-28-26-24-22-20-18-16-14-12-10-2/h39,41-42,53-55,63-64,70,74H,9-38,40,44-46H2,1-8H3/t53-,54+,55+,63+,64?,70-,72-/m1/s1. The minimum Gasteiger partial charge on any atom is -0.493 e. The van der Waals surface area contributed by atoms with Crippen molar-refractivity contribution in [3.63, 3.8) is 0 Å². The molecule has 7 heterocycles. The van der Waals surface area contributed by atoms with Crippen LogP contribution in [0.4, 0.5) is 0 Å². The molecule has 17 heteroatoms. The van der Waals surface area contributed by atoms with Gasteiger partial charge in [-0.1, -0.05) is 174 Å². The highest BCUT2D eigenvalue weighted by molar-refractivity contribution is 7.99. The minimum absolute atomic E-state index is 0.0848. The van der Waals surface area contributed by atoms with E-state index in [1.165, 1.54) is 148 Å². The first-order valence-electron chi connectivity index (χ1n) is 34.2. The van der Waals surface area contributed by atoms with Gasteiger partial charge in [-0.25, -0.2) is 4.79 Å². The van der Waals surface area contributed by atoms with Crippen molar-refractivity contribution >= 4 is 35.6 Å². The largest absolute Gasteiger partial charge is 0.493 e. The Bertz CT molecular complexity index is 2980. The van der Waals surface area contributed by atoms with Gasteiger partial charge < -0.3 is 37.9 Å². The van der Waals surface area contributed by atoms with Crippen molar-refractivity contribution in [2.75, 3.05) is 47.0 Å². The number of aryl methyl sites for hydroxylation is 1. The fourth-order valence-electron chi connectivity index (χ4n) is 15.2. The van der Waals surface area contributed by atoms with Gasteiger partial charge in [0.15, 0.2) is 40.0 Å². The first-order valence-corrected chi connectivity index (χ1v) is 35.3. The molecule has 0 aromatic heterocycles. The highest BCUT2D eigenvalue weighted by Crippen LogP contribution is 2.65. The summed E-state index contributed by atoms with van der Waals surface area (Å²) in [4.78, 5) is 61.3. The Morgan fingerprint density at radius 1 is 0.674 bits per heavy atom.